The smallest absolute Gasteiger partial charge is 0.202 e. The molecule has 0 spiro atoms. The molecule has 0 unspecified atom stereocenters. The van der Waals surface area contributed by atoms with E-state index in [0.29, 0.717) is 16.8 Å². The molecule has 0 aliphatic carbocycles. The molecule has 2 rings (SSSR count). The number of rotatable bonds is 4. The van der Waals surface area contributed by atoms with Gasteiger partial charge in [0.25, 0.3) is 0 Å². The molecule has 0 amide bonds. The molecule has 2 aromatic rings. The second-order valence-electron chi connectivity index (χ2n) is 4.06. The van der Waals surface area contributed by atoms with Crippen molar-refractivity contribution in [3.63, 3.8) is 0 Å². The molecule has 0 radical (unpaired) electrons. The molecule has 0 bridgehead atoms. The van der Waals surface area contributed by atoms with E-state index in [4.69, 9.17) is 11.6 Å². The SMILES string of the molecule is CC(C)CNc1nc(-c2ccc(Cl)cn2)ns1. The lowest BCUT2D eigenvalue weighted by atomic mass is 10.2. The molecule has 6 heteroatoms. The fourth-order valence-electron chi connectivity index (χ4n) is 1.20. The summed E-state index contributed by atoms with van der Waals surface area (Å²) in [5.74, 6) is 1.22. The third kappa shape index (κ3) is 3.38. The maximum atomic E-state index is 5.78. The number of nitrogens with one attached hydrogen (secondary N) is 1. The van der Waals surface area contributed by atoms with E-state index in [1.54, 1.807) is 12.3 Å². The number of aromatic nitrogens is 3. The molecule has 2 aromatic heterocycles. The zero-order valence-electron chi connectivity index (χ0n) is 9.64. The van der Waals surface area contributed by atoms with E-state index in [1.165, 1.54) is 11.5 Å². The van der Waals surface area contributed by atoms with Crippen molar-refractivity contribution in [1.29, 1.82) is 0 Å². The predicted molar refractivity (Wildman–Crippen MR) is 71.5 cm³/mol. The quantitative estimate of drug-likeness (QED) is 0.924. The molecule has 90 valence electrons. The summed E-state index contributed by atoms with van der Waals surface area (Å²) < 4.78 is 4.26. The second kappa shape index (κ2) is 5.42. The van der Waals surface area contributed by atoms with Crippen molar-refractivity contribution in [2.45, 2.75) is 13.8 Å². The average molecular weight is 269 g/mol. The molecule has 0 saturated carbocycles. The maximum Gasteiger partial charge on any atom is 0.202 e. The van der Waals surface area contributed by atoms with Crippen LogP contribution in [0.25, 0.3) is 11.5 Å². The highest BCUT2D eigenvalue weighted by molar-refractivity contribution is 7.09. The fourth-order valence-corrected chi connectivity index (χ4v) is 1.89. The first kappa shape index (κ1) is 12.3. The Bertz CT molecular complexity index is 480. The fraction of sp³-hybridized carbons (Fsp3) is 0.364. The Balaban J connectivity index is 2.10. The third-order valence-corrected chi connectivity index (χ3v) is 2.94. The van der Waals surface area contributed by atoms with Crippen molar-refractivity contribution in [2.24, 2.45) is 5.92 Å². The van der Waals surface area contributed by atoms with Crippen LogP contribution in [0.3, 0.4) is 0 Å². The molecule has 0 aromatic carbocycles. The van der Waals surface area contributed by atoms with Gasteiger partial charge in [0.05, 0.1) is 5.02 Å². The first-order valence-electron chi connectivity index (χ1n) is 5.34. The van der Waals surface area contributed by atoms with Crippen molar-refractivity contribution in [2.75, 3.05) is 11.9 Å². The van der Waals surface area contributed by atoms with Gasteiger partial charge in [-0.25, -0.2) is 0 Å². The van der Waals surface area contributed by atoms with Crippen molar-refractivity contribution in [3.8, 4) is 11.5 Å². The summed E-state index contributed by atoms with van der Waals surface area (Å²) in [5, 5.41) is 4.67. The van der Waals surface area contributed by atoms with Gasteiger partial charge in [0.2, 0.25) is 5.13 Å². The predicted octanol–water partition coefficient (Wildman–Crippen LogP) is 3.32. The van der Waals surface area contributed by atoms with Crippen LogP contribution in [-0.4, -0.2) is 20.9 Å². The van der Waals surface area contributed by atoms with Crippen molar-refractivity contribution < 1.29 is 0 Å². The van der Waals surface area contributed by atoms with Crippen LogP contribution in [0.2, 0.25) is 5.02 Å². The monoisotopic (exact) mass is 268 g/mol. The minimum Gasteiger partial charge on any atom is -0.360 e. The zero-order valence-corrected chi connectivity index (χ0v) is 11.2. The third-order valence-electron chi connectivity index (χ3n) is 2.04. The Labute approximate surface area is 109 Å². The summed E-state index contributed by atoms with van der Waals surface area (Å²) in [6, 6.07) is 3.60. The minimum atomic E-state index is 0.580. The van der Waals surface area contributed by atoms with Crippen LogP contribution in [0.1, 0.15) is 13.8 Å². The molecular formula is C11H13ClN4S. The molecule has 0 aliphatic rings. The Morgan fingerprint density at radius 3 is 2.88 bits per heavy atom. The highest BCUT2D eigenvalue weighted by atomic mass is 35.5. The molecule has 4 nitrogen and oxygen atoms in total. The van der Waals surface area contributed by atoms with Gasteiger partial charge in [-0.15, -0.1) is 0 Å². The number of nitrogens with zero attached hydrogens (tertiary/aromatic N) is 3. The summed E-state index contributed by atoms with van der Waals surface area (Å²) in [7, 11) is 0. The van der Waals surface area contributed by atoms with Crippen LogP contribution in [0.15, 0.2) is 18.3 Å². The highest BCUT2D eigenvalue weighted by Gasteiger charge is 2.07. The second-order valence-corrected chi connectivity index (χ2v) is 5.25. The van der Waals surface area contributed by atoms with Crippen molar-refractivity contribution in [1.82, 2.24) is 14.3 Å². The van der Waals surface area contributed by atoms with Gasteiger partial charge in [-0.05, 0) is 18.1 Å². The van der Waals surface area contributed by atoms with E-state index in [9.17, 15) is 0 Å². The largest absolute Gasteiger partial charge is 0.360 e. The molecule has 0 saturated heterocycles. The van der Waals surface area contributed by atoms with Gasteiger partial charge in [0.15, 0.2) is 5.82 Å². The van der Waals surface area contributed by atoms with Crippen LogP contribution in [-0.2, 0) is 0 Å². The van der Waals surface area contributed by atoms with E-state index in [0.717, 1.165) is 17.4 Å². The topological polar surface area (TPSA) is 50.7 Å². The molecular weight excluding hydrogens is 256 g/mol. The van der Waals surface area contributed by atoms with Gasteiger partial charge >= 0.3 is 0 Å². The number of hydrogen-bond donors (Lipinski definition) is 1. The minimum absolute atomic E-state index is 0.580. The summed E-state index contributed by atoms with van der Waals surface area (Å²) in [5.41, 5.74) is 0.739. The van der Waals surface area contributed by atoms with Gasteiger partial charge in [0, 0.05) is 24.3 Å². The molecule has 0 fully saturated rings. The summed E-state index contributed by atoms with van der Waals surface area (Å²) in [4.78, 5) is 8.55. The Morgan fingerprint density at radius 2 is 2.24 bits per heavy atom. The number of pyridine rings is 1. The molecule has 2 heterocycles. The molecule has 17 heavy (non-hydrogen) atoms. The summed E-state index contributed by atoms with van der Waals surface area (Å²) in [6.07, 6.45) is 1.60. The van der Waals surface area contributed by atoms with E-state index in [-0.39, 0.29) is 0 Å². The van der Waals surface area contributed by atoms with Crippen molar-refractivity contribution >= 4 is 28.3 Å². The first-order chi connectivity index (χ1) is 8.15. The maximum absolute atomic E-state index is 5.78. The van der Waals surface area contributed by atoms with Crippen LogP contribution in [0.5, 0.6) is 0 Å². The first-order valence-corrected chi connectivity index (χ1v) is 6.50. The number of hydrogen-bond acceptors (Lipinski definition) is 5. The standard InChI is InChI=1S/C11H13ClN4S/c1-7(2)5-14-11-15-10(16-17-11)9-4-3-8(12)6-13-9/h3-4,6-7H,5H2,1-2H3,(H,14,15,16). The lowest BCUT2D eigenvalue weighted by Gasteiger charge is -2.03. The van der Waals surface area contributed by atoms with Crippen LogP contribution < -0.4 is 5.32 Å². The average Bonchev–Trinajstić information content (AvgIpc) is 2.76. The van der Waals surface area contributed by atoms with Crippen LogP contribution in [0, 0.1) is 5.92 Å². The Kier molecular flexibility index (Phi) is 3.91. The lowest BCUT2D eigenvalue weighted by Crippen LogP contribution is -2.07. The summed E-state index contributed by atoms with van der Waals surface area (Å²) in [6.45, 7) is 5.19. The van der Waals surface area contributed by atoms with Crippen LogP contribution in [0.4, 0.5) is 5.13 Å². The molecule has 1 N–H and O–H groups in total. The lowest BCUT2D eigenvalue weighted by molar-refractivity contribution is 0.688. The Hall–Kier alpha value is -1.20. The zero-order chi connectivity index (χ0) is 12.3. The normalized spacial score (nSPS) is 10.8. The van der Waals surface area contributed by atoms with E-state index >= 15 is 0 Å². The number of anilines is 1. The van der Waals surface area contributed by atoms with E-state index in [2.05, 4.69) is 33.5 Å². The van der Waals surface area contributed by atoms with Gasteiger partial charge < -0.3 is 5.32 Å². The molecule has 0 atom stereocenters. The van der Waals surface area contributed by atoms with Crippen LogP contribution >= 0.6 is 23.1 Å². The van der Waals surface area contributed by atoms with Crippen molar-refractivity contribution in [3.05, 3.63) is 23.4 Å². The Morgan fingerprint density at radius 1 is 1.41 bits per heavy atom. The van der Waals surface area contributed by atoms with Gasteiger partial charge in [-0.2, -0.15) is 9.36 Å². The summed E-state index contributed by atoms with van der Waals surface area (Å²) >= 11 is 7.12. The van der Waals surface area contributed by atoms with Gasteiger partial charge in [0.1, 0.15) is 5.69 Å². The highest BCUT2D eigenvalue weighted by Crippen LogP contribution is 2.20. The van der Waals surface area contributed by atoms with E-state index < -0.39 is 0 Å². The molecule has 0 aliphatic heterocycles. The van der Waals surface area contributed by atoms with Gasteiger partial charge in [-0.3, -0.25) is 4.98 Å². The van der Waals surface area contributed by atoms with E-state index in [1.807, 2.05) is 6.07 Å². The van der Waals surface area contributed by atoms with Gasteiger partial charge in [-0.1, -0.05) is 25.4 Å². The number of halogens is 1.